The molecule has 0 fully saturated rings. The predicted molar refractivity (Wildman–Crippen MR) is 112 cm³/mol. The molecule has 2 aromatic carbocycles. The Morgan fingerprint density at radius 3 is 2.68 bits per heavy atom. The molecule has 10 nitrogen and oxygen atoms in total. The predicted octanol–water partition coefficient (Wildman–Crippen LogP) is 3.62. The number of hydrogen-bond acceptors (Lipinski definition) is 9. The van der Waals surface area contributed by atoms with Gasteiger partial charge in [0.1, 0.15) is 5.56 Å². The summed E-state index contributed by atoms with van der Waals surface area (Å²) in [5.41, 5.74) is 0.976. The van der Waals surface area contributed by atoms with E-state index in [1.807, 2.05) is 0 Å². The minimum atomic E-state index is -1.22. The molecule has 1 heterocycles. The van der Waals surface area contributed by atoms with Crippen molar-refractivity contribution in [2.75, 3.05) is 5.32 Å². The molecule has 0 aliphatic heterocycles. The van der Waals surface area contributed by atoms with E-state index in [1.165, 1.54) is 37.3 Å². The monoisotopic (exact) mass is 443 g/mol. The van der Waals surface area contributed by atoms with Crippen molar-refractivity contribution in [2.45, 2.75) is 20.0 Å². The number of non-ortho nitro benzene ring substituents is 1. The molecule has 0 saturated carbocycles. The first-order valence-electron chi connectivity index (χ1n) is 8.91. The zero-order valence-electron chi connectivity index (χ0n) is 16.4. The number of rotatable bonds is 6. The minimum Gasteiger partial charge on any atom is -0.504 e. The Balaban J connectivity index is 1.67. The third kappa shape index (κ3) is 4.78. The van der Waals surface area contributed by atoms with E-state index in [0.717, 1.165) is 11.3 Å². The zero-order chi connectivity index (χ0) is 22.7. The molecule has 0 spiro atoms. The van der Waals surface area contributed by atoms with Crippen LogP contribution >= 0.6 is 11.3 Å². The largest absolute Gasteiger partial charge is 0.504 e. The lowest BCUT2D eigenvalue weighted by atomic mass is 10.1. The number of anilines is 1. The number of nitrogens with zero attached hydrogens (tertiary/aromatic N) is 2. The van der Waals surface area contributed by atoms with Crippen LogP contribution in [0.3, 0.4) is 0 Å². The molecular formula is C20H17N3O7S. The molecule has 1 unspecified atom stereocenters. The van der Waals surface area contributed by atoms with Gasteiger partial charge < -0.3 is 14.9 Å². The van der Waals surface area contributed by atoms with Gasteiger partial charge in [-0.25, -0.2) is 9.78 Å². The molecule has 3 N–H and O–H groups in total. The average Bonchev–Trinajstić information content (AvgIpc) is 3.20. The molecule has 0 saturated heterocycles. The topological polar surface area (TPSA) is 152 Å². The second-order valence-electron chi connectivity index (χ2n) is 6.51. The van der Waals surface area contributed by atoms with Crippen LogP contribution in [0.1, 0.15) is 22.8 Å². The van der Waals surface area contributed by atoms with E-state index in [4.69, 9.17) is 4.74 Å². The fourth-order valence-electron chi connectivity index (χ4n) is 2.57. The molecule has 3 aromatic rings. The maximum atomic E-state index is 12.4. The van der Waals surface area contributed by atoms with Crippen LogP contribution in [0, 0.1) is 17.0 Å². The Labute approximate surface area is 179 Å². The first-order valence-corrected chi connectivity index (χ1v) is 9.79. The molecule has 31 heavy (non-hydrogen) atoms. The van der Waals surface area contributed by atoms with Gasteiger partial charge in [-0.3, -0.25) is 20.2 Å². The van der Waals surface area contributed by atoms with Crippen molar-refractivity contribution in [1.82, 2.24) is 4.98 Å². The molecule has 0 bridgehead atoms. The van der Waals surface area contributed by atoms with Crippen LogP contribution in [0.5, 0.6) is 11.5 Å². The van der Waals surface area contributed by atoms with Crippen molar-refractivity contribution in [3.8, 4) is 22.8 Å². The number of nitro benzene ring substituents is 1. The molecule has 1 amide bonds. The summed E-state index contributed by atoms with van der Waals surface area (Å²) in [6, 6.07) is 8.63. The summed E-state index contributed by atoms with van der Waals surface area (Å²) < 4.78 is 5.06. The molecule has 0 aliphatic rings. The van der Waals surface area contributed by atoms with E-state index in [-0.39, 0.29) is 16.4 Å². The quantitative estimate of drug-likeness (QED) is 0.226. The van der Waals surface area contributed by atoms with Gasteiger partial charge in [0.05, 0.1) is 10.6 Å². The SMILES string of the molecule is Cc1ccc(C(=O)OC(C)C(=O)Nc2nc(-c3cccc([N+](=O)[O-])c3)cs2)c(O)c1O. The number of nitrogens with one attached hydrogen (secondary N) is 1. The smallest absolute Gasteiger partial charge is 0.342 e. The molecule has 160 valence electrons. The number of aromatic nitrogens is 1. The highest BCUT2D eigenvalue weighted by Crippen LogP contribution is 2.33. The van der Waals surface area contributed by atoms with Crippen LogP contribution in [-0.4, -0.2) is 38.1 Å². The van der Waals surface area contributed by atoms with Gasteiger partial charge in [-0.1, -0.05) is 18.2 Å². The highest BCUT2D eigenvalue weighted by Gasteiger charge is 2.23. The van der Waals surface area contributed by atoms with E-state index >= 15 is 0 Å². The summed E-state index contributed by atoms with van der Waals surface area (Å²) >= 11 is 1.10. The summed E-state index contributed by atoms with van der Waals surface area (Å²) in [6.45, 7) is 2.89. The normalized spacial score (nSPS) is 11.5. The molecule has 1 atom stereocenters. The number of thiazole rings is 1. The Morgan fingerprint density at radius 1 is 1.23 bits per heavy atom. The van der Waals surface area contributed by atoms with Gasteiger partial charge >= 0.3 is 5.97 Å². The third-order valence-electron chi connectivity index (χ3n) is 4.31. The lowest BCUT2D eigenvalue weighted by Crippen LogP contribution is -2.30. The lowest BCUT2D eigenvalue weighted by molar-refractivity contribution is -0.384. The number of carbonyl (C=O) groups is 2. The van der Waals surface area contributed by atoms with Crippen molar-refractivity contribution in [3.63, 3.8) is 0 Å². The van der Waals surface area contributed by atoms with E-state index in [0.29, 0.717) is 16.8 Å². The van der Waals surface area contributed by atoms with Crippen LogP contribution in [0.15, 0.2) is 41.8 Å². The van der Waals surface area contributed by atoms with Crippen molar-refractivity contribution < 1.29 is 29.5 Å². The van der Waals surface area contributed by atoms with Gasteiger partial charge in [-0.05, 0) is 25.5 Å². The molecular weight excluding hydrogens is 426 g/mol. The number of phenols is 2. The van der Waals surface area contributed by atoms with Gasteiger partial charge in [-0.15, -0.1) is 11.3 Å². The Hall–Kier alpha value is -3.99. The number of nitro groups is 1. The van der Waals surface area contributed by atoms with Gasteiger partial charge in [0.15, 0.2) is 22.7 Å². The first kappa shape index (κ1) is 21.7. The van der Waals surface area contributed by atoms with E-state index in [1.54, 1.807) is 18.4 Å². The number of ether oxygens (including phenoxy) is 1. The fourth-order valence-corrected chi connectivity index (χ4v) is 3.29. The van der Waals surface area contributed by atoms with Gasteiger partial charge in [0, 0.05) is 23.1 Å². The summed E-state index contributed by atoms with van der Waals surface area (Å²) in [6.07, 6.45) is -1.22. The fraction of sp³-hybridized carbons (Fsp3) is 0.150. The summed E-state index contributed by atoms with van der Waals surface area (Å²) in [4.78, 5) is 39.2. The average molecular weight is 443 g/mol. The molecule has 0 aliphatic carbocycles. The molecule has 3 rings (SSSR count). The standard InChI is InChI=1S/C20H17N3O7S/c1-10-6-7-14(17(25)16(10)24)19(27)30-11(2)18(26)22-20-21-15(9-31-20)12-4-3-5-13(8-12)23(28)29/h3-9,11,24-25H,1-2H3,(H,21,22,26). The van der Waals surface area contributed by atoms with Crippen molar-refractivity contribution in [1.29, 1.82) is 0 Å². The third-order valence-corrected chi connectivity index (χ3v) is 5.07. The summed E-state index contributed by atoms with van der Waals surface area (Å²) in [7, 11) is 0. The molecule has 0 radical (unpaired) electrons. The number of esters is 1. The van der Waals surface area contributed by atoms with Crippen LogP contribution in [-0.2, 0) is 9.53 Å². The number of phenolic OH excluding ortho intramolecular Hbond substituents is 2. The number of aromatic hydroxyl groups is 2. The minimum absolute atomic E-state index is 0.0815. The highest BCUT2D eigenvalue weighted by molar-refractivity contribution is 7.14. The molecule has 11 heteroatoms. The second-order valence-corrected chi connectivity index (χ2v) is 7.37. The zero-order valence-corrected chi connectivity index (χ0v) is 17.2. The Morgan fingerprint density at radius 2 is 1.97 bits per heavy atom. The van der Waals surface area contributed by atoms with Crippen LogP contribution in [0.25, 0.3) is 11.3 Å². The van der Waals surface area contributed by atoms with Crippen LogP contribution in [0.4, 0.5) is 10.8 Å². The summed E-state index contributed by atoms with van der Waals surface area (Å²) in [5.74, 6) is -2.71. The number of aryl methyl sites for hydroxylation is 1. The lowest BCUT2D eigenvalue weighted by Gasteiger charge is -2.13. The van der Waals surface area contributed by atoms with Crippen LogP contribution in [0.2, 0.25) is 0 Å². The van der Waals surface area contributed by atoms with Crippen molar-refractivity contribution >= 4 is 34.0 Å². The number of amides is 1. The Bertz CT molecular complexity index is 1180. The number of benzene rings is 2. The number of hydrogen-bond donors (Lipinski definition) is 3. The van der Waals surface area contributed by atoms with E-state index in [2.05, 4.69) is 10.3 Å². The van der Waals surface area contributed by atoms with Gasteiger partial charge in [0.25, 0.3) is 11.6 Å². The van der Waals surface area contributed by atoms with Crippen LogP contribution < -0.4 is 5.32 Å². The second kappa shape index (κ2) is 8.79. The van der Waals surface area contributed by atoms with Gasteiger partial charge in [0.2, 0.25) is 0 Å². The Kier molecular flexibility index (Phi) is 6.16. The summed E-state index contributed by atoms with van der Waals surface area (Å²) in [5, 5.41) is 34.9. The van der Waals surface area contributed by atoms with E-state index < -0.39 is 34.4 Å². The maximum absolute atomic E-state index is 12.4. The van der Waals surface area contributed by atoms with Crippen molar-refractivity contribution in [3.05, 3.63) is 63.0 Å². The van der Waals surface area contributed by atoms with E-state index in [9.17, 15) is 29.9 Å². The highest BCUT2D eigenvalue weighted by atomic mass is 32.1. The first-order chi connectivity index (χ1) is 14.7. The van der Waals surface area contributed by atoms with Crippen molar-refractivity contribution in [2.24, 2.45) is 0 Å². The maximum Gasteiger partial charge on any atom is 0.342 e. The number of carbonyl (C=O) groups excluding carboxylic acids is 2. The molecule has 1 aromatic heterocycles. The van der Waals surface area contributed by atoms with Gasteiger partial charge in [-0.2, -0.15) is 0 Å².